The Morgan fingerprint density at radius 1 is 1.47 bits per heavy atom. The number of furan rings is 1. The molecule has 1 aromatic heterocycles. The summed E-state index contributed by atoms with van der Waals surface area (Å²) < 4.78 is 23.9. The van der Waals surface area contributed by atoms with Crippen LogP contribution in [0.5, 0.6) is 0 Å². The van der Waals surface area contributed by atoms with Crippen LogP contribution in [-0.2, 0) is 11.3 Å². The summed E-state index contributed by atoms with van der Waals surface area (Å²) in [5, 5.41) is 2.90. The summed E-state index contributed by atoms with van der Waals surface area (Å²) in [6, 6.07) is 6.21. The highest BCUT2D eigenvalue weighted by Gasteiger charge is 2.15. The Bertz CT molecular complexity index is 597. The van der Waals surface area contributed by atoms with Gasteiger partial charge in [-0.25, -0.2) is 9.18 Å². The van der Waals surface area contributed by atoms with Gasteiger partial charge >= 0.3 is 5.97 Å². The molecule has 2 rings (SSSR count). The van der Waals surface area contributed by atoms with E-state index in [0.29, 0.717) is 11.3 Å². The SMILES string of the molecule is COC(=O)c1occc1CNc1cc(Br)ccc1F. The van der Waals surface area contributed by atoms with Crippen LogP contribution in [0.15, 0.2) is 39.4 Å². The summed E-state index contributed by atoms with van der Waals surface area (Å²) in [7, 11) is 1.27. The van der Waals surface area contributed by atoms with Crippen LogP contribution in [0.2, 0.25) is 0 Å². The normalized spacial score (nSPS) is 10.3. The molecule has 0 atom stereocenters. The summed E-state index contributed by atoms with van der Waals surface area (Å²) in [5.74, 6) is -0.812. The van der Waals surface area contributed by atoms with E-state index < -0.39 is 5.97 Å². The lowest BCUT2D eigenvalue weighted by molar-refractivity contribution is 0.0563. The molecule has 0 aliphatic rings. The van der Waals surface area contributed by atoms with Gasteiger partial charge in [0.15, 0.2) is 0 Å². The minimum absolute atomic E-state index is 0.116. The van der Waals surface area contributed by atoms with Crippen molar-refractivity contribution in [3.8, 4) is 0 Å². The van der Waals surface area contributed by atoms with Crippen molar-refractivity contribution in [3.05, 3.63) is 52.1 Å². The van der Waals surface area contributed by atoms with Gasteiger partial charge in [-0.1, -0.05) is 15.9 Å². The van der Waals surface area contributed by atoms with Crippen molar-refractivity contribution in [3.63, 3.8) is 0 Å². The van der Waals surface area contributed by atoms with Crippen LogP contribution in [0.1, 0.15) is 16.1 Å². The highest BCUT2D eigenvalue weighted by Crippen LogP contribution is 2.21. The smallest absolute Gasteiger partial charge is 0.374 e. The predicted octanol–water partition coefficient (Wildman–Crippen LogP) is 3.58. The number of esters is 1. The van der Waals surface area contributed by atoms with E-state index in [0.717, 1.165) is 4.47 Å². The number of hydrogen-bond acceptors (Lipinski definition) is 4. The van der Waals surface area contributed by atoms with Crippen molar-refractivity contribution in [2.24, 2.45) is 0 Å². The number of ether oxygens (including phenoxy) is 1. The highest BCUT2D eigenvalue weighted by atomic mass is 79.9. The number of anilines is 1. The molecule has 0 aliphatic heterocycles. The van der Waals surface area contributed by atoms with Crippen molar-refractivity contribution in [1.29, 1.82) is 0 Å². The molecule has 4 nitrogen and oxygen atoms in total. The third-order valence-corrected chi connectivity index (χ3v) is 3.01. The lowest BCUT2D eigenvalue weighted by Gasteiger charge is -2.07. The molecule has 2 aromatic rings. The molecule has 0 bridgehead atoms. The van der Waals surface area contributed by atoms with Crippen molar-refractivity contribution in [2.45, 2.75) is 6.54 Å². The fourth-order valence-corrected chi connectivity index (χ4v) is 1.93. The largest absolute Gasteiger partial charge is 0.463 e. The molecule has 0 saturated carbocycles. The fraction of sp³-hybridized carbons (Fsp3) is 0.154. The van der Waals surface area contributed by atoms with Gasteiger partial charge in [0.05, 0.1) is 19.1 Å². The minimum atomic E-state index is -0.559. The lowest BCUT2D eigenvalue weighted by atomic mass is 10.2. The number of carbonyl (C=O) groups is 1. The molecule has 0 radical (unpaired) electrons. The van der Waals surface area contributed by atoms with Crippen molar-refractivity contribution in [1.82, 2.24) is 0 Å². The zero-order chi connectivity index (χ0) is 13.8. The highest BCUT2D eigenvalue weighted by molar-refractivity contribution is 9.10. The number of benzene rings is 1. The molecule has 0 aliphatic carbocycles. The first kappa shape index (κ1) is 13.6. The third-order valence-electron chi connectivity index (χ3n) is 2.52. The molecule has 0 saturated heterocycles. The van der Waals surface area contributed by atoms with Gasteiger partial charge in [-0.3, -0.25) is 0 Å². The van der Waals surface area contributed by atoms with Gasteiger partial charge in [0, 0.05) is 16.6 Å². The van der Waals surface area contributed by atoms with E-state index in [4.69, 9.17) is 4.42 Å². The summed E-state index contributed by atoms with van der Waals surface area (Å²) in [6.07, 6.45) is 1.39. The van der Waals surface area contributed by atoms with E-state index >= 15 is 0 Å². The van der Waals surface area contributed by atoms with Gasteiger partial charge in [0.25, 0.3) is 0 Å². The predicted molar refractivity (Wildman–Crippen MR) is 71.5 cm³/mol. The summed E-state index contributed by atoms with van der Waals surface area (Å²) in [5.41, 5.74) is 0.942. The molecule has 19 heavy (non-hydrogen) atoms. The second-order valence-electron chi connectivity index (χ2n) is 3.74. The first-order chi connectivity index (χ1) is 9.11. The zero-order valence-electron chi connectivity index (χ0n) is 10.1. The van der Waals surface area contributed by atoms with Gasteiger partial charge in [-0.05, 0) is 24.3 Å². The van der Waals surface area contributed by atoms with Gasteiger partial charge in [0.2, 0.25) is 5.76 Å². The summed E-state index contributed by atoms with van der Waals surface area (Å²) in [4.78, 5) is 11.4. The average Bonchev–Trinajstić information content (AvgIpc) is 2.87. The van der Waals surface area contributed by atoms with E-state index in [9.17, 15) is 9.18 Å². The molecule has 1 aromatic carbocycles. The van der Waals surface area contributed by atoms with E-state index in [1.165, 1.54) is 19.4 Å². The second kappa shape index (κ2) is 5.88. The molecule has 0 amide bonds. The molecule has 100 valence electrons. The summed E-state index contributed by atoms with van der Waals surface area (Å²) in [6.45, 7) is 0.258. The zero-order valence-corrected chi connectivity index (χ0v) is 11.7. The van der Waals surface area contributed by atoms with E-state index in [-0.39, 0.29) is 18.1 Å². The standard InChI is InChI=1S/C13H11BrFNO3/c1-18-13(17)12-8(4-5-19-12)7-16-11-6-9(14)2-3-10(11)15/h2-6,16H,7H2,1H3. The van der Waals surface area contributed by atoms with Crippen LogP contribution >= 0.6 is 15.9 Å². The Morgan fingerprint density at radius 3 is 3.00 bits per heavy atom. The molecular weight excluding hydrogens is 317 g/mol. The molecule has 0 spiro atoms. The second-order valence-corrected chi connectivity index (χ2v) is 4.66. The van der Waals surface area contributed by atoms with Crippen LogP contribution in [0.4, 0.5) is 10.1 Å². The Labute approximate surface area is 117 Å². The van der Waals surface area contributed by atoms with Crippen molar-refractivity contribution < 1.29 is 18.3 Å². The van der Waals surface area contributed by atoms with Crippen molar-refractivity contribution >= 4 is 27.6 Å². The Kier molecular flexibility index (Phi) is 4.21. The maximum Gasteiger partial charge on any atom is 0.374 e. The quantitative estimate of drug-likeness (QED) is 0.872. The topological polar surface area (TPSA) is 51.5 Å². The number of carbonyl (C=O) groups excluding carboxylic acids is 1. The van der Waals surface area contributed by atoms with E-state index in [2.05, 4.69) is 26.0 Å². The number of rotatable bonds is 4. The minimum Gasteiger partial charge on any atom is -0.463 e. The molecule has 6 heteroatoms. The molecule has 1 heterocycles. The lowest BCUT2D eigenvalue weighted by Crippen LogP contribution is -2.07. The first-order valence-electron chi connectivity index (χ1n) is 5.45. The van der Waals surface area contributed by atoms with Crippen LogP contribution in [0.25, 0.3) is 0 Å². The Balaban J connectivity index is 2.13. The third kappa shape index (κ3) is 3.14. The monoisotopic (exact) mass is 327 g/mol. The van der Waals surface area contributed by atoms with Gasteiger partial charge in [-0.2, -0.15) is 0 Å². The number of methoxy groups -OCH3 is 1. The van der Waals surface area contributed by atoms with E-state index in [1.54, 1.807) is 18.2 Å². The van der Waals surface area contributed by atoms with Crippen molar-refractivity contribution in [2.75, 3.05) is 12.4 Å². The Hall–Kier alpha value is -1.82. The van der Waals surface area contributed by atoms with E-state index in [1.807, 2.05) is 0 Å². The molecule has 1 N–H and O–H groups in total. The van der Waals surface area contributed by atoms with Gasteiger partial charge in [0.1, 0.15) is 5.82 Å². The van der Waals surface area contributed by atoms with Crippen LogP contribution in [0, 0.1) is 5.82 Å². The van der Waals surface area contributed by atoms with Crippen LogP contribution in [-0.4, -0.2) is 13.1 Å². The summed E-state index contributed by atoms with van der Waals surface area (Å²) >= 11 is 3.26. The van der Waals surface area contributed by atoms with Gasteiger partial charge in [-0.15, -0.1) is 0 Å². The van der Waals surface area contributed by atoms with Crippen LogP contribution in [0.3, 0.4) is 0 Å². The molecular formula is C13H11BrFNO3. The maximum atomic E-state index is 13.5. The number of hydrogen-bond donors (Lipinski definition) is 1. The first-order valence-corrected chi connectivity index (χ1v) is 6.24. The number of nitrogens with one attached hydrogen (secondary N) is 1. The van der Waals surface area contributed by atoms with Crippen LogP contribution < -0.4 is 5.32 Å². The molecule has 0 unspecified atom stereocenters. The number of halogens is 2. The Morgan fingerprint density at radius 2 is 2.26 bits per heavy atom. The maximum absolute atomic E-state index is 13.5. The average molecular weight is 328 g/mol. The fourth-order valence-electron chi connectivity index (χ4n) is 1.57. The molecule has 0 fully saturated rings. The van der Waals surface area contributed by atoms with Gasteiger partial charge < -0.3 is 14.5 Å².